The monoisotopic (exact) mass is 263 g/mol. The zero-order valence-corrected chi connectivity index (χ0v) is 11.2. The van der Waals surface area contributed by atoms with E-state index >= 15 is 0 Å². The zero-order valence-electron chi connectivity index (χ0n) is 11.2. The first-order valence-electron chi connectivity index (χ1n) is 5.82. The lowest BCUT2D eigenvalue weighted by molar-refractivity contribution is 0.404. The Morgan fingerprint density at radius 2 is 2.05 bits per heavy atom. The van der Waals surface area contributed by atoms with Crippen molar-refractivity contribution in [3.8, 4) is 22.8 Å². The second kappa shape index (κ2) is 5.19. The molecule has 0 aliphatic heterocycles. The number of nitrogens with two attached hydrogens (primary N) is 1. The number of aromatic amines is 1. The number of H-pyrrole nitrogens is 1. The van der Waals surface area contributed by atoms with E-state index in [2.05, 4.69) is 5.10 Å². The van der Waals surface area contributed by atoms with Gasteiger partial charge < -0.3 is 15.2 Å². The Bertz CT molecular complexity index is 643. The molecule has 0 unspecified atom stereocenters. The van der Waals surface area contributed by atoms with Gasteiger partial charge in [-0.2, -0.15) is 0 Å². The molecule has 0 aliphatic rings. The summed E-state index contributed by atoms with van der Waals surface area (Å²) in [6, 6.07) is 5.40. The van der Waals surface area contributed by atoms with Crippen LogP contribution in [-0.4, -0.2) is 24.0 Å². The van der Waals surface area contributed by atoms with Crippen molar-refractivity contribution in [3.05, 3.63) is 34.1 Å². The van der Waals surface area contributed by atoms with Gasteiger partial charge in [-0.05, 0) is 18.2 Å². The number of hydrogen-bond donors (Lipinski definition) is 2. The van der Waals surface area contributed by atoms with E-state index in [0.717, 1.165) is 5.56 Å². The van der Waals surface area contributed by atoms with Gasteiger partial charge >= 0.3 is 0 Å². The van der Waals surface area contributed by atoms with Crippen LogP contribution in [0.5, 0.6) is 11.5 Å². The molecule has 0 amide bonds. The lowest BCUT2D eigenvalue weighted by Crippen LogP contribution is -2.17. The molecule has 0 atom stereocenters. The Kier molecular flexibility index (Phi) is 3.62. The molecule has 0 aliphatic carbocycles. The van der Waals surface area contributed by atoms with E-state index in [1.807, 2.05) is 6.07 Å². The van der Waals surface area contributed by atoms with E-state index in [0.29, 0.717) is 22.8 Å². The minimum Gasteiger partial charge on any atom is -0.497 e. The van der Waals surface area contributed by atoms with Crippen LogP contribution in [0, 0.1) is 0 Å². The first-order chi connectivity index (χ1) is 9.12. The smallest absolute Gasteiger partial charge is 0.271 e. The molecule has 3 N–H and O–H groups in total. The Morgan fingerprint density at radius 3 is 2.63 bits per heavy atom. The number of aryl methyl sites for hydroxylation is 1. The van der Waals surface area contributed by atoms with Gasteiger partial charge in [-0.1, -0.05) is 0 Å². The Hall–Kier alpha value is -2.21. The quantitative estimate of drug-likeness (QED) is 0.857. The largest absolute Gasteiger partial charge is 0.497 e. The fourth-order valence-electron chi connectivity index (χ4n) is 2.02. The van der Waals surface area contributed by atoms with Crippen LogP contribution in [0.15, 0.2) is 23.0 Å². The van der Waals surface area contributed by atoms with Crippen LogP contribution in [0.4, 0.5) is 0 Å². The summed E-state index contributed by atoms with van der Waals surface area (Å²) in [4.78, 5) is 11.9. The van der Waals surface area contributed by atoms with Crippen molar-refractivity contribution in [1.82, 2.24) is 9.78 Å². The summed E-state index contributed by atoms with van der Waals surface area (Å²) >= 11 is 0. The number of rotatable bonds is 4. The summed E-state index contributed by atoms with van der Waals surface area (Å²) in [5, 5.41) is 2.99. The molecule has 2 aromatic rings. The molecule has 1 heterocycles. The van der Waals surface area contributed by atoms with Crippen LogP contribution in [0.3, 0.4) is 0 Å². The van der Waals surface area contributed by atoms with Crippen LogP contribution in [0.1, 0.15) is 5.56 Å². The van der Waals surface area contributed by atoms with Crippen LogP contribution in [0.25, 0.3) is 11.3 Å². The first-order valence-corrected chi connectivity index (χ1v) is 5.82. The lowest BCUT2D eigenvalue weighted by atomic mass is 10.1. The number of ether oxygens (including phenoxy) is 2. The third kappa shape index (κ3) is 2.22. The standard InChI is InChI=1S/C13H17N3O3/c1-16-13(17)10(7-14)12(15-16)9-6-8(18-2)4-5-11(9)19-3/h4-6,15H,7,14H2,1-3H3. The number of benzene rings is 1. The summed E-state index contributed by atoms with van der Waals surface area (Å²) in [7, 11) is 4.81. The molecule has 6 nitrogen and oxygen atoms in total. The fourth-order valence-corrected chi connectivity index (χ4v) is 2.02. The number of methoxy groups -OCH3 is 2. The average molecular weight is 263 g/mol. The molecule has 0 saturated heterocycles. The maximum atomic E-state index is 11.9. The highest BCUT2D eigenvalue weighted by molar-refractivity contribution is 5.71. The predicted octanol–water partition coefficient (Wildman–Crippen LogP) is 0.856. The van der Waals surface area contributed by atoms with Gasteiger partial charge in [0, 0.05) is 19.2 Å². The molecule has 102 valence electrons. The van der Waals surface area contributed by atoms with E-state index in [1.54, 1.807) is 33.4 Å². The molecule has 2 rings (SSSR count). The van der Waals surface area contributed by atoms with Crippen LogP contribution in [0.2, 0.25) is 0 Å². The molecule has 0 saturated carbocycles. The minimum absolute atomic E-state index is 0.137. The molecule has 1 aromatic heterocycles. The fraction of sp³-hybridized carbons (Fsp3) is 0.308. The Balaban J connectivity index is 2.70. The van der Waals surface area contributed by atoms with Crippen LogP contribution >= 0.6 is 0 Å². The van der Waals surface area contributed by atoms with Gasteiger partial charge in [0.25, 0.3) is 5.56 Å². The molecule has 6 heteroatoms. The maximum absolute atomic E-state index is 11.9. The van der Waals surface area contributed by atoms with Crippen LogP contribution in [-0.2, 0) is 13.6 Å². The third-order valence-corrected chi connectivity index (χ3v) is 3.02. The highest BCUT2D eigenvalue weighted by atomic mass is 16.5. The van der Waals surface area contributed by atoms with Gasteiger partial charge in [0.15, 0.2) is 0 Å². The van der Waals surface area contributed by atoms with Crippen molar-refractivity contribution in [1.29, 1.82) is 0 Å². The lowest BCUT2D eigenvalue weighted by Gasteiger charge is -2.10. The zero-order chi connectivity index (χ0) is 14.0. The molecular weight excluding hydrogens is 246 g/mol. The third-order valence-electron chi connectivity index (χ3n) is 3.02. The normalized spacial score (nSPS) is 10.5. The summed E-state index contributed by atoms with van der Waals surface area (Å²) in [5.41, 5.74) is 7.45. The van der Waals surface area contributed by atoms with Gasteiger partial charge in [-0.25, -0.2) is 0 Å². The van der Waals surface area contributed by atoms with E-state index in [-0.39, 0.29) is 12.1 Å². The summed E-state index contributed by atoms with van der Waals surface area (Å²) in [6.07, 6.45) is 0. The van der Waals surface area contributed by atoms with Crippen molar-refractivity contribution in [2.75, 3.05) is 14.2 Å². The van der Waals surface area contributed by atoms with Crippen molar-refractivity contribution in [2.24, 2.45) is 12.8 Å². The van der Waals surface area contributed by atoms with Crippen molar-refractivity contribution in [2.45, 2.75) is 6.54 Å². The van der Waals surface area contributed by atoms with E-state index in [1.165, 1.54) is 4.68 Å². The van der Waals surface area contributed by atoms with Gasteiger partial charge in [0.1, 0.15) is 11.5 Å². The van der Waals surface area contributed by atoms with Gasteiger partial charge in [-0.15, -0.1) is 0 Å². The number of nitrogens with zero attached hydrogens (tertiary/aromatic N) is 1. The predicted molar refractivity (Wildman–Crippen MR) is 72.5 cm³/mol. The second-order valence-electron chi connectivity index (χ2n) is 4.10. The van der Waals surface area contributed by atoms with E-state index in [9.17, 15) is 4.79 Å². The molecular formula is C13H17N3O3. The van der Waals surface area contributed by atoms with Crippen LogP contribution < -0.4 is 20.8 Å². The molecule has 0 bridgehead atoms. The number of hydrogen-bond acceptors (Lipinski definition) is 4. The van der Waals surface area contributed by atoms with E-state index in [4.69, 9.17) is 15.2 Å². The second-order valence-corrected chi connectivity index (χ2v) is 4.10. The van der Waals surface area contributed by atoms with Gasteiger partial charge in [0.05, 0.1) is 25.5 Å². The molecule has 0 radical (unpaired) electrons. The highest BCUT2D eigenvalue weighted by Crippen LogP contribution is 2.33. The first kappa shape index (κ1) is 13.2. The van der Waals surface area contributed by atoms with Gasteiger partial charge in [-0.3, -0.25) is 14.6 Å². The molecule has 0 fully saturated rings. The Morgan fingerprint density at radius 1 is 1.32 bits per heavy atom. The number of nitrogens with one attached hydrogen (secondary N) is 1. The average Bonchev–Trinajstić information content (AvgIpc) is 2.73. The summed E-state index contributed by atoms with van der Waals surface area (Å²) in [6.45, 7) is 0.159. The van der Waals surface area contributed by atoms with Crippen molar-refractivity contribution >= 4 is 0 Å². The topological polar surface area (TPSA) is 82.3 Å². The maximum Gasteiger partial charge on any atom is 0.271 e. The molecule has 1 aromatic carbocycles. The summed E-state index contributed by atoms with van der Waals surface area (Å²) in [5.74, 6) is 1.33. The molecule has 19 heavy (non-hydrogen) atoms. The number of aromatic nitrogens is 2. The minimum atomic E-state index is -0.137. The van der Waals surface area contributed by atoms with Gasteiger partial charge in [0.2, 0.25) is 0 Å². The molecule has 0 spiro atoms. The summed E-state index contributed by atoms with van der Waals surface area (Å²) < 4.78 is 11.9. The van der Waals surface area contributed by atoms with Crippen molar-refractivity contribution < 1.29 is 9.47 Å². The Labute approximate surface area is 110 Å². The van der Waals surface area contributed by atoms with E-state index < -0.39 is 0 Å². The highest BCUT2D eigenvalue weighted by Gasteiger charge is 2.17. The van der Waals surface area contributed by atoms with Crippen molar-refractivity contribution in [3.63, 3.8) is 0 Å². The SMILES string of the molecule is COc1ccc(OC)c(-c2[nH]n(C)c(=O)c2CN)c1.